The van der Waals surface area contributed by atoms with E-state index in [9.17, 15) is 9.59 Å². The summed E-state index contributed by atoms with van der Waals surface area (Å²) in [5, 5.41) is 19.1. The van der Waals surface area contributed by atoms with Crippen LogP contribution in [0.4, 0.5) is 0 Å². The number of hydrogen-bond donors (Lipinski definition) is 3. The third kappa shape index (κ3) is 3.71. The molecule has 0 aliphatic rings. The molecule has 2 aromatic rings. The first-order valence-electron chi connectivity index (χ1n) is 7.53. The van der Waals surface area contributed by atoms with Gasteiger partial charge in [-0.2, -0.15) is 5.10 Å². The zero-order chi connectivity index (χ0) is 15.9. The molecule has 0 aliphatic carbocycles. The summed E-state index contributed by atoms with van der Waals surface area (Å²) in [4.78, 5) is 24.0. The number of nitrogens with one attached hydrogen (secondary N) is 2. The lowest BCUT2D eigenvalue weighted by Crippen LogP contribution is -2.31. The van der Waals surface area contributed by atoms with E-state index in [-0.39, 0.29) is 29.7 Å². The highest BCUT2D eigenvalue weighted by Gasteiger charge is 2.15. The molecule has 1 aromatic carbocycles. The molecule has 1 amide bonds. The molecule has 1 atom stereocenters. The summed E-state index contributed by atoms with van der Waals surface area (Å²) in [6.07, 6.45) is 2.61. The fraction of sp³-hybridized carbons (Fsp3) is 0.438. The molecule has 22 heavy (non-hydrogen) atoms. The maximum absolute atomic E-state index is 12.3. The van der Waals surface area contributed by atoms with E-state index in [0.717, 1.165) is 12.8 Å². The molecule has 1 unspecified atom stereocenters. The molecule has 2 rings (SSSR count). The van der Waals surface area contributed by atoms with Gasteiger partial charge in [-0.25, -0.2) is 5.10 Å². The third-order valence-corrected chi connectivity index (χ3v) is 3.70. The number of carbonyl (C=O) groups is 1. The number of H-pyrrole nitrogens is 1. The van der Waals surface area contributed by atoms with Crippen LogP contribution in [-0.2, 0) is 0 Å². The molecular formula is C16H21N3O3. The Labute approximate surface area is 128 Å². The Balaban J connectivity index is 2.16. The molecule has 1 heterocycles. The predicted molar refractivity (Wildman–Crippen MR) is 84.8 cm³/mol. The van der Waals surface area contributed by atoms with Gasteiger partial charge in [0.1, 0.15) is 0 Å². The van der Waals surface area contributed by atoms with Gasteiger partial charge in [0.2, 0.25) is 0 Å². The summed E-state index contributed by atoms with van der Waals surface area (Å²) in [6, 6.07) is 6.89. The van der Waals surface area contributed by atoms with E-state index in [1.807, 2.05) is 0 Å². The Hall–Kier alpha value is -2.21. The number of aliphatic hydroxyl groups excluding tert-OH is 1. The molecule has 0 saturated heterocycles. The van der Waals surface area contributed by atoms with Gasteiger partial charge in [0.15, 0.2) is 5.69 Å². The van der Waals surface area contributed by atoms with Crippen LogP contribution in [0.1, 0.15) is 36.7 Å². The normalized spacial score (nSPS) is 12.3. The molecule has 0 aliphatic heterocycles. The maximum atomic E-state index is 12.3. The van der Waals surface area contributed by atoms with Crippen molar-refractivity contribution in [2.24, 2.45) is 5.92 Å². The van der Waals surface area contributed by atoms with Crippen LogP contribution in [0.15, 0.2) is 29.1 Å². The number of carbonyl (C=O) groups excluding carboxylic acids is 1. The standard InChI is InChI=1S/C16H21N3O3/c1-2-5-11(8-9-20)10-17-16(22)14-12-6-3-4-7-13(12)15(21)19-18-14/h3-4,6-7,11,20H,2,5,8-10H2,1H3,(H,17,22)(H,19,21). The minimum atomic E-state index is -0.313. The maximum Gasteiger partial charge on any atom is 0.272 e. The van der Waals surface area contributed by atoms with Crippen LogP contribution in [0.2, 0.25) is 0 Å². The Morgan fingerprint density at radius 1 is 1.32 bits per heavy atom. The Morgan fingerprint density at radius 3 is 2.73 bits per heavy atom. The molecule has 118 valence electrons. The molecule has 0 bridgehead atoms. The number of amides is 1. The van der Waals surface area contributed by atoms with Gasteiger partial charge in [-0.3, -0.25) is 9.59 Å². The van der Waals surface area contributed by atoms with Gasteiger partial charge >= 0.3 is 0 Å². The topological polar surface area (TPSA) is 95.1 Å². The van der Waals surface area contributed by atoms with Crippen LogP contribution in [0.5, 0.6) is 0 Å². The highest BCUT2D eigenvalue weighted by molar-refractivity contribution is 6.04. The summed E-state index contributed by atoms with van der Waals surface area (Å²) in [7, 11) is 0. The second-order valence-electron chi connectivity index (χ2n) is 5.32. The molecule has 6 nitrogen and oxygen atoms in total. The highest BCUT2D eigenvalue weighted by atomic mass is 16.3. The summed E-state index contributed by atoms with van der Waals surface area (Å²) in [6.45, 7) is 2.67. The predicted octanol–water partition coefficient (Wildman–Crippen LogP) is 1.45. The van der Waals surface area contributed by atoms with Crippen molar-refractivity contribution in [3.8, 4) is 0 Å². The minimum absolute atomic E-state index is 0.111. The molecule has 1 aromatic heterocycles. The zero-order valence-corrected chi connectivity index (χ0v) is 12.6. The first-order chi connectivity index (χ1) is 10.7. The number of rotatable bonds is 7. The Kier molecular flexibility index (Phi) is 5.66. The van der Waals surface area contributed by atoms with E-state index < -0.39 is 0 Å². The first kappa shape index (κ1) is 16.2. The number of aromatic amines is 1. The fourth-order valence-corrected chi connectivity index (χ4v) is 2.55. The monoisotopic (exact) mass is 303 g/mol. The van der Waals surface area contributed by atoms with E-state index in [1.54, 1.807) is 24.3 Å². The van der Waals surface area contributed by atoms with Crippen LogP contribution in [0, 0.1) is 5.92 Å². The number of aliphatic hydroxyl groups is 1. The van der Waals surface area contributed by atoms with Crippen LogP contribution in [0.25, 0.3) is 10.8 Å². The van der Waals surface area contributed by atoms with E-state index in [0.29, 0.717) is 23.7 Å². The second-order valence-corrected chi connectivity index (χ2v) is 5.32. The van der Waals surface area contributed by atoms with Crippen molar-refractivity contribution in [2.75, 3.05) is 13.2 Å². The summed E-state index contributed by atoms with van der Waals surface area (Å²) >= 11 is 0. The lowest BCUT2D eigenvalue weighted by molar-refractivity contribution is 0.0938. The molecule has 6 heteroatoms. The number of fused-ring (bicyclic) bond motifs is 1. The summed E-state index contributed by atoms with van der Waals surface area (Å²) < 4.78 is 0. The molecule has 0 fully saturated rings. The molecule has 0 saturated carbocycles. The van der Waals surface area contributed by atoms with Crippen LogP contribution in [0.3, 0.4) is 0 Å². The first-order valence-corrected chi connectivity index (χ1v) is 7.53. The Morgan fingerprint density at radius 2 is 2.05 bits per heavy atom. The van der Waals surface area contributed by atoms with Gasteiger partial charge in [0.25, 0.3) is 11.5 Å². The van der Waals surface area contributed by atoms with Gasteiger partial charge in [-0.15, -0.1) is 0 Å². The van der Waals surface area contributed by atoms with Crippen molar-refractivity contribution < 1.29 is 9.90 Å². The van der Waals surface area contributed by atoms with Gasteiger partial charge in [0.05, 0.1) is 5.39 Å². The SMILES string of the molecule is CCCC(CCO)CNC(=O)c1n[nH]c(=O)c2ccccc12. The second kappa shape index (κ2) is 7.70. The van der Waals surface area contributed by atoms with E-state index in [2.05, 4.69) is 22.4 Å². The highest BCUT2D eigenvalue weighted by Crippen LogP contribution is 2.13. The van der Waals surface area contributed by atoms with Crippen LogP contribution >= 0.6 is 0 Å². The molecular weight excluding hydrogens is 282 g/mol. The third-order valence-electron chi connectivity index (χ3n) is 3.70. The van der Waals surface area contributed by atoms with Crippen molar-refractivity contribution >= 4 is 16.7 Å². The lowest BCUT2D eigenvalue weighted by atomic mass is 10.00. The van der Waals surface area contributed by atoms with Gasteiger partial charge in [-0.1, -0.05) is 31.5 Å². The van der Waals surface area contributed by atoms with E-state index in [4.69, 9.17) is 5.11 Å². The molecule has 0 spiro atoms. The van der Waals surface area contributed by atoms with Crippen molar-refractivity contribution in [1.29, 1.82) is 0 Å². The van der Waals surface area contributed by atoms with Crippen LogP contribution < -0.4 is 10.9 Å². The van der Waals surface area contributed by atoms with Crippen molar-refractivity contribution in [2.45, 2.75) is 26.2 Å². The van der Waals surface area contributed by atoms with Gasteiger partial charge in [-0.05, 0) is 24.8 Å². The van der Waals surface area contributed by atoms with E-state index >= 15 is 0 Å². The molecule has 0 radical (unpaired) electrons. The average Bonchev–Trinajstić information content (AvgIpc) is 2.53. The Bertz CT molecular complexity index is 690. The van der Waals surface area contributed by atoms with Gasteiger partial charge in [0, 0.05) is 18.5 Å². The van der Waals surface area contributed by atoms with Crippen molar-refractivity contribution in [3.05, 3.63) is 40.3 Å². The largest absolute Gasteiger partial charge is 0.396 e. The fourth-order valence-electron chi connectivity index (χ4n) is 2.55. The zero-order valence-electron chi connectivity index (χ0n) is 12.6. The summed E-state index contributed by atoms with van der Waals surface area (Å²) in [5.74, 6) is -0.0699. The lowest BCUT2D eigenvalue weighted by Gasteiger charge is -2.15. The smallest absolute Gasteiger partial charge is 0.272 e. The van der Waals surface area contributed by atoms with Crippen molar-refractivity contribution in [1.82, 2.24) is 15.5 Å². The summed E-state index contributed by atoms with van der Waals surface area (Å²) in [5.41, 5.74) is -0.0919. The number of hydrogen-bond acceptors (Lipinski definition) is 4. The number of aromatic nitrogens is 2. The molecule has 3 N–H and O–H groups in total. The van der Waals surface area contributed by atoms with Crippen molar-refractivity contribution in [3.63, 3.8) is 0 Å². The number of nitrogens with zero attached hydrogens (tertiary/aromatic N) is 1. The quantitative estimate of drug-likeness (QED) is 0.721. The van der Waals surface area contributed by atoms with E-state index in [1.165, 1.54) is 0 Å². The van der Waals surface area contributed by atoms with Crippen LogP contribution in [-0.4, -0.2) is 34.4 Å². The number of benzene rings is 1. The minimum Gasteiger partial charge on any atom is -0.396 e. The average molecular weight is 303 g/mol. The van der Waals surface area contributed by atoms with Gasteiger partial charge < -0.3 is 10.4 Å².